The third kappa shape index (κ3) is 6.70. The molecule has 3 aromatic rings. The lowest BCUT2D eigenvalue weighted by Crippen LogP contribution is -2.48. The molecule has 0 saturated heterocycles. The largest absolute Gasteiger partial charge is 0.482 e. The maximum absolute atomic E-state index is 13.1. The topological polar surface area (TPSA) is 71.5 Å². The molecule has 0 aliphatic heterocycles. The fourth-order valence-electron chi connectivity index (χ4n) is 2.99. The molecule has 3 rings (SSSR count). The van der Waals surface area contributed by atoms with Gasteiger partial charge in [0.25, 0.3) is 5.91 Å². The molecule has 1 aromatic heterocycles. The third-order valence-corrected chi connectivity index (χ3v) is 5.40. The van der Waals surface area contributed by atoms with Crippen LogP contribution in [0.4, 0.5) is 0 Å². The number of carbonyl (C=O) groups excluding carboxylic acids is 2. The Morgan fingerprint density at radius 2 is 1.69 bits per heavy atom. The first-order valence-electron chi connectivity index (χ1n) is 10.0. The summed E-state index contributed by atoms with van der Waals surface area (Å²) >= 11 is 12.1. The average Bonchev–Trinajstić information content (AvgIpc) is 2.81. The van der Waals surface area contributed by atoms with E-state index in [-0.39, 0.29) is 25.0 Å². The Bertz CT molecular complexity index is 1050. The first-order valence-corrected chi connectivity index (χ1v) is 10.8. The summed E-state index contributed by atoms with van der Waals surface area (Å²) in [5, 5.41) is 3.87. The summed E-state index contributed by atoms with van der Waals surface area (Å²) in [5.74, 6) is -0.211. The van der Waals surface area contributed by atoms with Crippen molar-refractivity contribution in [3.05, 3.63) is 94.2 Å². The fourth-order valence-corrected chi connectivity index (χ4v) is 3.31. The lowest BCUT2D eigenvalue weighted by Gasteiger charge is -2.29. The summed E-state index contributed by atoms with van der Waals surface area (Å²) < 4.78 is 5.61. The van der Waals surface area contributed by atoms with Crippen LogP contribution in [0.1, 0.15) is 18.1 Å². The number of pyridine rings is 1. The van der Waals surface area contributed by atoms with Gasteiger partial charge in [-0.05, 0) is 54.4 Å². The summed E-state index contributed by atoms with van der Waals surface area (Å²) in [6.45, 7) is 2.00. The van der Waals surface area contributed by atoms with Crippen LogP contribution in [0.2, 0.25) is 10.0 Å². The number of amides is 2. The number of aromatic nitrogens is 1. The van der Waals surface area contributed by atoms with E-state index < -0.39 is 6.04 Å². The molecule has 2 aromatic carbocycles. The first kappa shape index (κ1) is 23.6. The number of hydrogen-bond donors (Lipinski definition) is 1. The van der Waals surface area contributed by atoms with E-state index in [4.69, 9.17) is 27.9 Å². The molecule has 2 amide bonds. The Hall–Kier alpha value is -3.09. The smallest absolute Gasteiger partial charge is 0.261 e. The predicted molar refractivity (Wildman–Crippen MR) is 124 cm³/mol. The molecule has 1 N–H and O–H groups in total. The van der Waals surface area contributed by atoms with Crippen molar-refractivity contribution in [3.8, 4) is 5.75 Å². The van der Waals surface area contributed by atoms with Crippen LogP contribution < -0.4 is 10.1 Å². The zero-order chi connectivity index (χ0) is 22.9. The molecule has 0 aliphatic carbocycles. The normalized spacial score (nSPS) is 11.5. The van der Waals surface area contributed by atoms with E-state index >= 15 is 0 Å². The molecule has 6 nitrogen and oxygen atoms in total. The Kier molecular flexibility index (Phi) is 8.48. The van der Waals surface area contributed by atoms with Crippen molar-refractivity contribution in [2.75, 3.05) is 6.61 Å². The second kappa shape index (κ2) is 11.5. The van der Waals surface area contributed by atoms with Gasteiger partial charge in [-0.15, -0.1) is 0 Å². The Morgan fingerprint density at radius 1 is 1.00 bits per heavy atom. The Morgan fingerprint density at radius 3 is 2.38 bits per heavy atom. The van der Waals surface area contributed by atoms with Crippen LogP contribution in [-0.4, -0.2) is 34.3 Å². The highest BCUT2D eigenvalue weighted by Crippen LogP contribution is 2.23. The minimum atomic E-state index is -0.727. The zero-order valence-corrected chi connectivity index (χ0v) is 19.0. The van der Waals surface area contributed by atoms with Gasteiger partial charge in [-0.1, -0.05) is 47.5 Å². The number of rotatable bonds is 9. The van der Waals surface area contributed by atoms with Gasteiger partial charge in [-0.2, -0.15) is 0 Å². The molecule has 0 saturated carbocycles. The van der Waals surface area contributed by atoms with Crippen molar-refractivity contribution in [1.82, 2.24) is 15.2 Å². The first-order chi connectivity index (χ1) is 15.4. The van der Waals surface area contributed by atoms with Crippen LogP contribution in [0.25, 0.3) is 0 Å². The number of benzene rings is 2. The second-order valence-electron chi connectivity index (χ2n) is 7.12. The van der Waals surface area contributed by atoms with Crippen LogP contribution in [0.15, 0.2) is 73.1 Å². The molecule has 166 valence electrons. The second-order valence-corrected chi connectivity index (χ2v) is 7.96. The minimum absolute atomic E-state index is 0.228. The van der Waals surface area contributed by atoms with Crippen molar-refractivity contribution < 1.29 is 14.3 Å². The van der Waals surface area contributed by atoms with Crippen molar-refractivity contribution in [1.29, 1.82) is 0 Å². The van der Waals surface area contributed by atoms with Gasteiger partial charge in [0.15, 0.2) is 6.61 Å². The molecular formula is C24H23Cl2N3O3. The highest BCUT2D eigenvalue weighted by atomic mass is 35.5. The number of para-hydroxylation sites is 1. The number of hydrogen-bond acceptors (Lipinski definition) is 4. The van der Waals surface area contributed by atoms with Gasteiger partial charge in [0.1, 0.15) is 11.8 Å². The van der Waals surface area contributed by atoms with E-state index in [2.05, 4.69) is 10.3 Å². The average molecular weight is 472 g/mol. The van der Waals surface area contributed by atoms with Gasteiger partial charge >= 0.3 is 0 Å². The van der Waals surface area contributed by atoms with Crippen molar-refractivity contribution in [2.45, 2.75) is 26.1 Å². The summed E-state index contributed by atoms with van der Waals surface area (Å²) in [7, 11) is 0. The van der Waals surface area contributed by atoms with Gasteiger partial charge in [0, 0.05) is 30.5 Å². The van der Waals surface area contributed by atoms with Gasteiger partial charge < -0.3 is 15.0 Å². The molecule has 1 atom stereocenters. The van der Waals surface area contributed by atoms with E-state index in [0.29, 0.717) is 22.3 Å². The fraction of sp³-hybridized carbons (Fsp3) is 0.208. The van der Waals surface area contributed by atoms with Crippen LogP contribution in [0.5, 0.6) is 5.75 Å². The monoisotopic (exact) mass is 471 g/mol. The van der Waals surface area contributed by atoms with E-state index in [1.165, 1.54) is 4.90 Å². The lowest BCUT2D eigenvalue weighted by atomic mass is 10.1. The number of halogens is 2. The SMILES string of the molecule is CC(C(=O)NCc1ccncc1)N(Cc1ccc(Cl)cc1)C(=O)COc1ccccc1Cl. The predicted octanol–water partition coefficient (Wildman–Crippen LogP) is 4.50. The van der Waals surface area contributed by atoms with Crippen LogP contribution in [0, 0.1) is 0 Å². The summed E-state index contributed by atoms with van der Waals surface area (Å²) in [6, 6.07) is 16.9. The number of nitrogens with zero attached hydrogens (tertiary/aromatic N) is 2. The molecule has 0 radical (unpaired) electrons. The van der Waals surface area contributed by atoms with Crippen molar-refractivity contribution in [3.63, 3.8) is 0 Å². The maximum atomic E-state index is 13.1. The molecule has 8 heteroatoms. The quantitative estimate of drug-likeness (QED) is 0.498. The molecule has 32 heavy (non-hydrogen) atoms. The van der Waals surface area contributed by atoms with E-state index in [1.807, 2.05) is 24.3 Å². The van der Waals surface area contributed by atoms with E-state index in [1.54, 1.807) is 55.7 Å². The van der Waals surface area contributed by atoms with Gasteiger partial charge in [-0.25, -0.2) is 0 Å². The molecule has 0 spiro atoms. The number of ether oxygens (including phenoxy) is 1. The highest BCUT2D eigenvalue weighted by molar-refractivity contribution is 6.32. The van der Waals surface area contributed by atoms with E-state index in [0.717, 1.165) is 11.1 Å². The van der Waals surface area contributed by atoms with Crippen LogP contribution in [0.3, 0.4) is 0 Å². The molecule has 0 aliphatic rings. The highest BCUT2D eigenvalue weighted by Gasteiger charge is 2.26. The lowest BCUT2D eigenvalue weighted by molar-refractivity contribution is -0.142. The number of nitrogens with one attached hydrogen (secondary N) is 1. The van der Waals surface area contributed by atoms with Gasteiger partial charge in [0.2, 0.25) is 5.91 Å². The van der Waals surface area contributed by atoms with Crippen LogP contribution in [-0.2, 0) is 22.7 Å². The van der Waals surface area contributed by atoms with Crippen molar-refractivity contribution in [2.24, 2.45) is 0 Å². The minimum Gasteiger partial charge on any atom is -0.482 e. The van der Waals surface area contributed by atoms with Crippen molar-refractivity contribution >= 4 is 35.0 Å². The molecule has 1 heterocycles. The zero-order valence-electron chi connectivity index (χ0n) is 17.5. The molecular weight excluding hydrogens is 449 g/mol. The van der Waals surface area contributed by atoms with Gasteiger partial charge in [-0.3, -0.25) is 14.6 Å². The molecule has 0 bridgehead atoms. The van der Waals surface area contributed by atoms with E-state index in [9.17, 15) is 9.59 Å². The van der Waals surface area contributed by atoms with Crippen LogP contribution >= 0.6 is 23.2 Å². The summed E-state index contributed by atoms with van der Waals surface area (Å²) in [4.78, 5) is 31.3. The molecule has 1 unspecified atom stereocenters. The maximum Gasteiger partial charge on any atom is 0.261 e. The number of carbonyl (C=O) groups is 2. The standard InChI is InChI=1S/C24H23Cl2N3O3/c1-17(24(31)28-14-18-10-12-27-13-11-18)29(15-19-6-8-20(25)9-7-19)23(30)16-32-22-5-3-2-4-21(22)26/h2-13,17H,14-16H2,1H3,(H,28,31). The summed E-state index contributed by atoms with van der Waals surface area (Å²) in [5.41, 5.74) is 1.76. The Labute approximate surface area is 197 Å². The molecule has 0 fully saturated rings. The summed E-state index contributed by atoms with van der Waals surface area (Å²) in [6.07, 6.45) is 3.32. The van der Waals surface area contributed by atoms with Gasteiger partial charge in [0.05, 0.1) is 5.02 Å². The third-order valence-electron chi connectivity index (χ3n) is 4.84. The Balaban J connectivity index is 1.71.